The monoisotopic (exact) mass is 169 g/mol. The highest BCUT2D eigenvalue weighted by Crippen LogP contribution is 2.12. The molecule has 3 nitrogen and oxygen atoms in total. The van der Waals surface area contributed by atoms with Crippen LogP contribution in [0.15, 0.2) is 12.2 Å². The number of hydrogen-bond acceptors (Lipinski definition) is 2. The number of quaternary nitrogens is 1. The summed E-state index contributed by atoms with van der Waals surface area (Å²) in [5, 5.41) is 17.6. The smallest absolute Gasteiger partial charge is 0.166 e. The second kappa shape index (κ2) is 4.24. The molecule has 3 heteroatoms. The van der Waals surface area contributed by atoms with Crippen LogP contribution in [-0.4, -0.2) is 42.9 Å². The van der Waals surface area contributed by atoms with Crippen molar-refractivity contribution in [1.29, 1.82) is 5.26 Å². The molecule has 0 aliphatic heterocycles. The topological polar surface area (TPSA) is 44.0 Å². The van der Waals surface area contributed by atoms with Gasteiger partial charge in [0.05, 0.1) is 20.7 Å². The molecule has 0 saturated heterocycles. The van der Waals surface area contributed by atoms with E-state index in [0.717, 1.165) is 5.57 Å². The largest absolute Gasteiger partial charge is 0.390 e. The van der Waals surface area contributed by atoms with E-state index in [2.05, 4.69) is 12.6 Å². The zero-order valence-corrected chi connectivity index (χ0v) is 8.04. The Hall–Kier alpha value is -0.850. The lowest BCUT2D eigenvalue weighted by Crippen LogP contribution is -2.51. The molecule has 68 valence electrons. The lowest BCUT2D eigenvalue weighted by Gasteiger charge is -2.35. The molecule has 0 radical (unpaired) electrons. The second-order valence-corrected chi connectivity index (χ2v) is 3.64. The second-order valence-electron chi connectivity index (χ2n) is 3.64. The van der Waals surface area contributed by atoms with Crippen LogP contribution in [0, 0.1) is 11.3 Å². The molecule has 0 aliphatic rings. The first kappa shape index (κ1) is 11.2. The summed E-state index contributed by atoms with van der Waals surface area (Å²) >= 11 is 0. The van der Waals surface area contributed by atoms with Crippen LogP contribution in [-0.2, 0) is 0 Å². The predicted octanol–water partition coefficient (Wildman–Crippen LogP) is 0.523. The third-order valence-electron chi connectivity index (χ3n) is 2.06. The Morgan fingerprint density at radius 1 is 1.67 bits per heavy atom. The fourth-order valence-corrected chi connectivity index (χ4v) is 1.27. The molecule has 0 fully saturated rings. The first-order chi connectivity index (χ1) is 5.45. The van der Waals surface area contributed by atoms with Crippen molar-refractivity contribution in [3.63, 3.8) is 0 Å². The molecule has 0 aliphatic carbocycles. The van der Waals surface area contributed by atoms with Crippen LogP contribution in [0.4, 0.5) is 0 Å². The van der Waals surface area contributed by atoms with Crippen LogP contribution >= 0.6 is 0 Å². The number of nitriles is 1. The Balaban J connectivity index is 4.49. The summed E-state index contributed by atoms with van der Waals surface area (Å²) in [5.41, 5.74) is 0.915. The van der Waals surface area contributed by atoms with E-state index in [4.69, 9.17) is 10.4 Å². The molecule has 0 aromatic carbocycles. The van der Waals surface area contributed by atoms with Gasteiger partial charge in [-0.1, -0.05) is 6.58 Å². The number of rotatable bonds is 4. The van der Waals surface area contributed by atoms with Crippen LogP contribution in [0.5, 0.6) is 0 Å². The van der Waals surface area contributed by atoms with Gasteiger partial charge >= 0.3 is 0 Å². The van der Waals surface area contributed by atoms with Gasteiger partial charge in [0.1, 0.15) is 12.1 Å². The standard InChI is InChI=1S/C9H17N2O/c1-8(2)9(7-12)11(3,4)6-5-10/h9,12H,1,6-7H2,2-4H3/q+1. The van der Waals surface area contributed by atoms with Gasteiger partial charge in [0.25, 0.3) is 0 Å². The van der Waals surface area contributed by atoms with Crippen molar-refractivity contribution in [2.45, 2.75) is 13.0 Å². The normalized spacial score (nSPS) is 13.6. The van der Waals surface area contributed by atoms with E-state index in [0.29, 0.717) is 11.0 Å². The first-order valence-electron chi connectivity index (χ1n) is 3.91. The van der Waals surface area contributed by atoms with Crippen LogP contribution < -0.4 is 0 Å². The van der Waals surface area contributed by atoms with E-state index in [1.54, 1.807) is 0 Å². The fraction of sp³-hybridized carbons (Fsp3) is 0.667. The summed E-state index contributed by atoms with van der Waals surface area (Å²) in [7, 11) is 3.83. The highest BCUT2D eigenvalue weighted by molar-refractivity contribution is 4.98. The Bertz CT molecular complexity index is 203. The fourth-order valence-electron chi connectivity index (χ4n) is 1.27. The zero-order chi connectivity index (χ0) is 9.78. The van der Waals surface area contributed by atoms with Gasteiger partial charge in [0, 0.05) is 0 Å². The van der Waals surface area contributed by atoms with Gasteiger partial charge in [-0.3, -0.25) is 0 Å². The van der Waals surface area contributed by atoms with E-state index >= 15 is 0 Å². The third-order valence-corrected chi connectivity index (χ3v) is 2.06. The van der Waals surface area contributed by atoms with Crippen molar-refractivity contribution in [1.82, 2.24) is 0 Å². The molecule has 1 N–H and O–H groups in total. The maximum absolute atomic E-state index is 9.07. The highest BCUT2D eigenvalue weighted by atomic mass is 16.3. The molecule has 0 aromatic rings. The van der Waals surface area contributed by atoms with Crippen LogP contribution in [0.25, 0.3) is 0 Å². The summed E-state index contributed by atoms with van der Waals surface area (Å²) < 4.78 is 0.475. The maximum atomic E-state index is 9.07. The zero-order valence-electron chi connectivity index (χ0n) is 8.04. The Morgan fingerprint density at radius 3 is 2.42 bits per heavy atom. The average molecular weight is 169 g/mol. The van der Waals surface area contributed by atoms with Crippen molar-refractivity contribution in [2.24, 2.45) is 0 Å². The Labute approximate surface area is 74.1 Å². The lowest BCUT2D eigenvalue weighted by molar-refractivity contribution is -0.903. The van der Waals surface area contributed by atoms with E-state index < -0.39 is 0 Å². The molecule has 0 saturated carbocycles. The van der Waals surface area contributed by atoms with Crippen molar-refractivity contribution in [3.05, 3.63) is 12.2 Å². The minimum Gasteiger partial charge on any atom is -0.390 e. The lowest BCUT2D eigenvalue weighted by atomic mass is 10.1. The molecular weight excluding hydrogens is 152 g/mol. The summed E-state index contributed by atoms with van der Waals surface area (Å²) in [4.78, 5) is 0. The minimum absolute atomic E-state index is 0.0374. The molecular formula is C9H17N2O+. The molecule has 1 atom stereocenters. The van der Waals surface area contributed by atoms with E-state index in [1.165, 1.54) is 0 Å². The van der Waals surface area contributed by atoms with Crippen LogP contribution in [0.3, 0.4) is 0 Å². The molecule has 0 spiro atoms. The molecule has 12 heavy (non-hydrogen) atoms. The van der Waals surface area contributed by atoms with Gasteiger partial charge in [-0.05, 0) is 12.5 Å². The van der Waals surface area contributed by atoms with E-state index in [-0.39, 0.29) is 12.6 Å². The number of aliphatic hydroxyl groups is 1. The Morgan fingerprint density at radius 2 is 2.17 bits per heavy atom. The number of aliphatic hydroxyl groups excluding tert-OH is 1. The van der Waals surface area contributed by atoms with Crippen molar-refractivity contribution >= 4 is 0 Å². The van der Waals surface area contributed by atoms with Gasteiger partial charge in [-0.2, -0.15) is 5.26 Å². The predicted molar refractivity (Wildman–Crippen MR) is 48.3 cm³/mol. The Kier molecular flexibility index (Phi) is 3.94. The maximum Gasteiger partial charge on any atom is 0.166 e. The van der Waals surface area contributed by atoms with Crippen molar-refractivity contribution in [3.8, 4) is 6.07 Å². The number of hydrogen-bond donors (Lipinski definition) is 1. The van der Waals surface area contributed by atoms with E-state index in [1.807, 2.05) is 21.0 Å². The first-order valence-corrected chi connectivity index (χ1v) is 3.91. The summed E-state index contributed by atoms with van der Waals surface area (Å²) in [5.74, 6) is 0. The quantitative estimate of drug-likeness (QED) is 0.379. The van der Waals surface area contributed by atoms with Gasteiger partial charge in [0.2, 0.25) is 0 Å². The summed E-state index contributed by atoms with van der Waals surface area (Å²) in [6, 6.07) is 2.06. The summed E-state index contributed by atoms with van der Waals surface area (Å²) in [6.07, 6.45) is 0. The minimum atomic E-state index is -0.0374. The SMILES string of the molecule is C=C(C)C(CO)[N+](C)(C)CC#N. The van der Waals surface area contributed by atoms with Gasteiger partial charge in [-0.25, -0.2) is 0 Å². The number of likely N-dealkylation sites (N-methyl/N-ethyl adjacent to an activating group) is 1. The van der Waals surface area contributed by atoms with Gasteiger partial charge in [-0.15, -0.1) is 0 Å². The molecule has 0 heterocycles. The average Bonchev–Trinajstić information content (AvgIpc) is 1.86. The van der Waals surface area contributed by atoms with Gasteiger partial charge < -0.3 is 9.59 Å². The van der Waals surface area contributed by atoms with E-state index in [9.17, 15) is 0 Å². The molecule has 0 bridgehead atoms. The number of nitrogens with zero attached hydrogens (tertiary/aromatic N) is 2. The van der Waals surface area contributed by atoms with Crippen molar-refractivity contribution < 1.29 is 9.59 Å². The molecule has 0 amide bonds. The molecule has 1 unspecified atom stereocenters. The van der Waals surface area contributed by atoms with Crippen molar-refractivity contribution in [2.75, 3.05) is 27.2 Å². The van der Waals surface area contributed by atoms with Crippen LogP contribution in [0.2, 0.25) is 0 Å². The molecule has 0 aromatic heterocycles. The summed E-state index contributed by atoms with van der Waals surface area (Å²) in [6.45, 7) is 6.10. The highest BCUT2D eigenvalue weighted by Gasteiger charge is 2.27. The third kappa shape index (κ3) is 2.65. The molecule has 0 rings (SSSR count). The van der Waals surface area contributed by atoms with Gasteiger partial charge in [0.15, 0.2) is 6.54 Å². The van der Waals surface area contributed by atoms with Crippen LogP contribution in [0.1, 0.15) is 6.92 Å².